The molecule has 1 saturated heterocycles. The van der Waals surface area contributed by atoms with Crippen LogP contribution in [0.25, 0.3) is 0 Å². The lowest BCUT2D eigenvalue weighted by Crippen LogP contribution is -2.30. The van der Waals surface area contributed by atoms with Gasteiger partial charge in [0.05, 0.1) is 10.6 Å². The van der Waals surface area contributed by atoms with Gasteiger partial charge in [-0.3, -0.25) is 4.79 Å². The molecule has 104 valence electrons. The van der Waals surface area contributed by atoms with Gasteiger partial charge in [0.15, 0.2) is 9.84 Å². The van der Waals surface area contributed by atoms with E-state index in [1.807, 2.05) is 0 Å². The molecule has 1 atom stereocenters. The Morgan fingerprint density at radius 3 is 2.42 bits per heavy atom. The van der Waals surface area contributed by atoms with Crippen molar-refractivity contribution in [2.45, 2.75) is 24.3 Å². The van der Waals surface area contributed by atoms with Crippen molar-refractivity contribution in [2.24, 2.45) is 0 Å². The molecule has 0 saturated carbocycles. The molecule has 1 heterocycles. The minimum absolute atomic E-state index is 0.0743. The zero-order chi connectivity index (χ0) is 14.0. The van der Waals surface area contributed by atoms with E-state index < -0.39 is 9.84 Å². The lowest BCUT2D eigenvalue weighted by Gasteiger charge is -2.13. The number of likely N-dealkylation sites (N-methyl/N-ethyl adjacent to an activating group) is 1. The van der Waals surface area contributed by atoms with Gasteiger partial charge in [0.25, 0.3) is 0 Å². The average molecular weight is 282 g/mol. The van der Waals surface area contributed by atoms with Crippen molar-refractivity contribution < 1.29 is 13.2 Å². The van der Waals surface area contributed by atoms with Gasteiger partial charge in [0.1, 0.15) is 6.04 Å². The van der Waals surface area contributed by atoms with Crippen LogP contribution in [0.4, 0.5) is 5.69 Å². The standard InChI is InChI=1S/C13H18N2O3S/c1-3-19(17,18)11-6-4-10(5-7-11)14-12-8-9-15(2)13(12)16/h4-7,12,14H,3,8-9H2,1-2H3. The van der Waals surface area contributed by atoms with Crippen molar-refractivity contribution in [3.63, 3.8) is 0 Å². The molecular formula is C13H18N2O3S. The van der Waals surface area contributed by atoms with E-state index in [4.69, 9.17) is 0 Å². The van der Waals surface area contributed by atoms with Crippen LogP contribution in [0.1, 0.15) is 13.3 Å². The highest BCUT2D eigenvalue weighted by Gasteiger charge is 2.28. The summed E-state index contributed by atoms with van der Waals surface area (Å²) in [5.74, 6) is 0.163. The molecule has 6 heteroatoms. The van der Waals surface area contributed by atoms with Crippen molar-refractivity contribution in [1.82, 2.24) is 4.90 Å². The van der Waals surface area contributed by atoms with Gasteiger partial charge in [-0.1, -0.05) is 6.92 Å². The second-order valence-corrected chi connectivity index (χ2v) is 6.95. The molecule has 1 N–H and O–H groups in total. The smallest absolute Gasteiger partial charge is 0.244 e. The first kappa shape index (κ1) is 13.9. The lowest BCUT2D eigenvalue weighted by molar-refractivity contribution is -0.127. The summed E-state index contributed by atoms with van der Waals surface area (Å²) in [7, 11) is -1.39. The van der Waals surface area contributed by atoms with E-state index >= 15 is 0 Å². The fourth-order valence-electron chi connectivity index (χ4n) is 2.08. The Hall–Kier alpha value is -1.56. The van der Waals surface area contributed by atoms with Crippen molar-refractivity contribution in [3.8, 4) is 0 Å². The Labute approximate surface area is 113 Å². The first-order chi connectivity index (χ1) is 8.94. The highest BCUT2D eigenvalue weighted by atomic mass is 32.2. The summed E-state index contributed by atoms with van der Waals surface area (Å²) < 4.78 is 23.3. The third-order valence-corrected chi connectivity index (χ3v) is 5.11. The number of benzene rings is 1. The van der Waals surface area contributed by atoms with Crippen LogP contribution in [0, 0.1) is 0 Å². The zero-order valence-corrected chi connectivity index (χ0v) is 11.9. The number of carbonyl (C=O) groups is 1. The van der Waals surface area contributed by atoms with Crippen LogP contribution in [0.15, 0.2) is 29.2 Å². The molecule has 1 fully saturated rings. The maximum atomic E-state index is 11.7. The van der Waals surface area contributed by atoms with Crippen LogP contribution < -0.4 is 5.32 Å². The number of nitrogens with zero attached hydrogens (tertiary/aromatic N) is 1. The molecular weight excluding hydrogens is 264 g/mol. The molecule has 0 aliphatic carbocycles. The van der Waals surface area contributed by atoms with Crippen molar-refractivity contribution >= 4 is 21.4 Å². The number of nitrogens with one attached hydrogen (secondary N) is 1. The molecule has 1 aromatic carbocycles. The number of likely N-dealkylation sites (tertiary alicyclic amines) is 1. The van der Waals surface area contributed by atoms with Gasteiger partial charge in [-0.2, -0.15) is 0 Å². The van der Waals surface area contributed by atoms with Crippen LogP contribution in [-0.2, 0) is 14.6 Å². The molecule has 1 amide bonds. The van der Waals surface area contributed by atoms with E-state index in [1.54, 1.807) is 43.1 Å². The number of hydrogen-bond acceptors (Lipinski definition) is 4. The molecule has 5 nitrogen and oxygen atoms in total. The van der Waals surface area contributed by atoms with Crippen LogP contribution in [0.3, 0.4) is 0 Å². The molecule has 1 unspecified atom stereocenters. The first-order valence-electron chi connectivity index (χ1n) is 6.28. The number of carbonyl (C=O) groups excluding carboxylic acids is 1. The molecule has 1 aliphatic heterocycles. The fraction of sp³-hybridized carbons (Fsp3) is 0.462. The van der Waals surface area contributed by atoms with Gasteiger partial charge in [-0.25, -0.2) is 8.42 Å². The Balaban J connectivity index is 2.10. The number of amides is 1. The number of rotatable bonds is 4. The third kappa shape index (κ3) is 2.89. The SMILES string of the molecule is CCS(=O)(=O)c1ccc(NC2CCN(C)C2=O)cc1. The molecule has 1 aliphatic rings. The molecule has 0 bridgehead atoms. The highest BCUT2D eigenvalue weighted by molar-refractivity contribution is 7.91. The van der Waals surface area contributed by atoms with E-state index in [1.165, 1.54) is 0 Å². The Bertz CT molecular complexity index is 566. The van der Waals surface area contributed by atoms with Gasteiger partial charge in [0, 0.05) is 19.3 Å². The predicted octanol–water partition coefficient (Wildman–Crippen LogP) is 1.12. The molecule has 2 rings (SSSR count). The van der Waals surface area contributed by atoms with Crippen LogP contribution in [0.5, 0.6) is 0 Å². The summed E-state index contributed by atoms with van der Waals surface area (Å²) in [4.78, 5) is 13.8. The third-order valence-electron chi connectivity index (χ3n) is 3.36. The molecule has 19 heavy (non-hydrogen) atoms. The summed E-state index contributed by atoms with van der Waals surface area (Å²) in [6.45, 7) is 2.37. The summed E-state index contributed by atoms with van der Waals surface area (Å²) in [5, 5.41) is 3.13. The molecule has 0 aromatic heterocycles. The Kier molecular flexibility index (Phi) is 3.80. The quantitative estimate of drug-likeness (QED) is 0.899. The second-order valence-electron chi connectivity index (χ2n) is 4.67. The van der Waals surface area contributed by atoms with Gasteiger partial charge in [-0.15, -0.1) is 0 Å². The Morgan fingerprint density at radius 2 is 1.95 bits per heavy atom. The predicted molar refractivity (Wildman–Crippen MR) is 73.8 cm³/mol. The van der Waals surface area contributed by atoms with Crippen molar-refractivity contribution in [3.05, 3.63) is 24.3 Å². The fourth-order valence-corrected chi connectivity index (χ4v) is 2.97. The minimum atomic E-state index is -3.16. The van der Waals surface area contributed by atoms with Crippen LogP contribution in [0.2, 0.25) is 0 Å². The Morgan fingerprint density at radius 1 is 1.32 bits per heavy atom. The van der Waals surface area contributed by atoms with Gasteiger partial charge in [0.2, 0.25) is 5.91 Å². The largest absolute Gasteiger partial charge is 0.374 e. The molecule has 0 spiro atoms. The van der Waals surface area contributed by atoms with E-state index in [9.17, 15) is 13.2 Å². The van der Waals surface area contributed by atoms with Crippen LogP contribution in [-0.4, -0.2) is 44.6 Å². The van der Waals surface area contributed by atoms with Crippen LogP contribution >= 0.6 is 0 Å². The monoisotopic (exact) mass is 282 g/mol. The number of sulfone groups is 1. The lowest BCUT2D eigenvalue weighted by atomic mass is 10.2. The maximum absolute atomic E-state index is 11.7. The van der Waals surface area contributed by atoms with Crippen molar-refractivity contribution in [1.29, 1.82) is 0 Å². The summed E-state index contributed by atoms with van der Waals surface area (Å²) in [6.07, 6.45) is 0.768. The first-order valence-corrected chi connectivity index (χ1v) is 7.93. The van der Waals surface area contributed by atoms with E-state index in [2.05, 4.69) is 5.32 Å². The van der Waals surface area contributed by atoms with E-state index in [0.29, 0.717) is 4.90 Å². The summed E-state index contributed by atoms with van der Waals surface area (Å²) in [6, 6.07) is 6.34. The second kappa shape index (κ2) is 5.21. The maximum Gasteiger partial charge on any atom is 0.244 e. The number of anilines is 1. The topological polar surface area (TPSA) is 66.5 Å². The van der Waals surface area contributed by atoms with Gasteiger partial charge in [-0.05, 0) is 30.7 Å². The zero-order valence-electron chi connectivity index (χ0n) is 11.1. The highest BCUT2D eigenvalue weighted by Crippen LogP contribution is 2.19. The van der Waals surface area contributed by atoms with E-state index in [0.717, 1.165) is 18.7 Å². The van der Waals surface area contributed by atoms with E-state index in [-0.39, 0.29) is 17.7 Å². The normalized spacial score (nSPS) is 19.8. The average Bonchev–Trinajstić information content (AvgIpc) is 2.71. The summed E-state index contributed by atoms with van der Waals surface area (Å²) in [5.41, 5.74) is 0.767. The van der Waals surface area contributed by atoms with Gasteiger partial charge >= 0.3 is 0 Å². The summed E-state index contributed by atoms with van der Waals surface area (Å²) >= 11 is 0. The minimum Gasteiger partial charge on any atom is -0.374 e. The van der Waals surface area contributed by atoms with Gasteiger partial charge < -0.3 is 10.2 Å². The molecule has 0 radical (unpaired) electrons. The number of hydrogen-bond donors (Lipinski definition) is 1. The molecule has 1 aromatic rings. The van der Waals surface area contributed by atoms with Crippen molar-refractivity contribution in [2.75, 3.05) is 24.7 Å².